The third-order valence-electron chi connectivity index (χ3n) is 5.34. The number of nitro groups is 1. The van der Waals surface area contributed by atoms with Gasteiger partial charge in [-0.25, -0.2) is 0 Å². The highest BCUT2D eigenvalue weighted by atomic mass is 35.5. The van der Waals surface area contributed by atoms with Crippen molar-refractivity contribution in [1.82, 2.24) is 0 Å². The summed E-state index contributed by atoms with van der Waals surface area (Å²) in [6, 6.07) is 18.1. The highest BCUT2D eigenvalue weighted by Gasteiger charge is 2.47. The summed E-state index contributed by atoms with van der Waals surface area (Å²) in [5, 5.41) is 22.4. The molecule has 1 N–H and O–H groups in total. The number of amides is 1. The molecule has 4 rings (SSSR count). The summed E-state index contributed by atoms with van der Waals surface area (Å²) >= 11 is 6.17. The molecular weight excluding hydrogens is 432 g/mol. The smallest absolute Gasteiger partial charge is 0.300 e. The van der Waals surface area contributed by atoms with Gasteiger partial charge in [0.2, 0.25) is 0 Å². The van der Waals surface area contributed by atoms with Crippen molar-refractivity contribution in [1.29, 1.82) is 0 Å². The van der Waals surface area contributed by atoms with Crippen LogP contribution in [0.3, 0.4) is 0 Å². The molecule has 0 radical (unpaired) electrons. The number of nitro benzene ring substituents is 1. The minimum atomic E-state index is -0.899. The van der Waals surface area contributed by atoms with Crippen molar-refractivity contribution in [3.63, 3.8) is 0 Å². The average Bonchev–Trinajstić information content (AvgIpc) is 3.06. The number of rotatable bonds is 4. The van der Waals surface area contributed by atoms with Gasteiger partial charge in [0.25, 0.3) is 17.4 Å². The monoisotopic (exact) mass is 448 g/mol. The van der Waals surface area contributed by atoms with E-state index in [1.165, 1.54) is 29.2 Å². The molecule has 3 aromatic rings. The van der Waals surface area contributed by atoms with Crippen LogP contribution in [0.4, 0.5) is 11.4 Å². The summed E-state index contributed by atoms with van der Waals surface area (Å²) < 4.78 is 0. The summed E-state index contributed by atoms with van der Waals surface area (Å²) in [7, 11) is 0. The quantitative estimate of drug-likeness (QED) is 0.195. The van der Waals surface area contributed by atoms with Crippen LogP contribution in [0, 0.1) is 17.0 Å². The number of ketones is 1. The van der Waals surface area contributed by atoms with E-state index in [4.69, 9.17) is 11.6 Å². The van der Waals surface area contributed by atoms with Crippen LogP contribution in [0.1, 0.15) is 22.7 Å². The van der Waals surface area contributed by atoms with E-state index in [2.05, 4.69) is 0 Å². The number of aliphatic hydroxyl groups excluding tert-OH is 1. The summed E-state index contributed by atoms with van der Waals surface area (Å²) in [6.45, 7) is 1.80. The molecule has 1 fully saturated rings. The van der Waals surface area contributed by atoms with Crippen LogP contribution in [0.25, 0.3) is 5.76 Å². The van der Waals surface area contributed by atoms with Gasteiger partial charge in [-0.3, -0.25) is 24.6 Å². The number of nitrogens with zero attached hydrogens (tertiary/aromatic N) is 2. The van der Waals surface area contributed by atoms with Gasteiger partial charge in [0.1, 0.15) is 5.76 Å². The lowest BCUT2D eigenvalue weighted by Crippen LogP contribution is -2.30. The Morgan fingerprint density at radius 2 is 1.69 bits per heavy atom. The Bertz CT molecular complexity index is 1270. The fraction of sp³-hybridized carbons (Fsp3) is 0.0833. The topological polar surface area (TPSA) is 101 Å². The van der Waals surface area contributed by atoms with Gasteiger partial charge < -0.3 is 5.11 Å². The molecule has 160 valence electrons. The number of hydrogen-bond acceptors (Lipinski definition) is 5. The Morgan fingerprint density at radius 1 is 1.03 bits per heavy atom. The first-order chi connectivity index (χ1) is 15.3. The molecule has 0 aromatic heterocycles. The molecule has 1 aliphatic rings. The second kappa shape index (κ2) is 8.28. The maximum atomic E-state index is 13.1. The first-order valence-electron chi connectivity index (χ1n) is 9.66. The zero-order valence-electron chi connectivity index (χ0n) is 16.9. The van der Waals surface area contributed by atoms with Crippen molar-refractivity contribution in [2.45, 2.75) is 13.0 Å². The number of carbonyl (C=O) groups excluding carboxylic acids is 2. The highest BCUT2D eigenvalue weighted by Crippen LogP contribution is 2.43. The normalized spacial score (nSPS) is 17.6. The predicted octanol–water partition coefficient (Wildman–Crippen LogP) is 5.18. The van der Waals surface area contributed by atoms with Gasteiger partial charge >= 0.3 is 0 Å². The zero-order valence-corrected chi connectivity index (χ0v) is 17.6. The van der Waals surface area contributed by atoms with Crippen LogP contribution < -0.4 is 4.90 Å². The number of aryl methyl sites for hydroxylation is 1. The van der Waals surface area contributed by atoms with Gasteiger partial charge in [-0.1, -0.05) is 48.0 Å². The van der Waals surface area contributed by atoms with Gasteiger partial charge in [0.05, 0.1) is 16.5 Å². The largest absolute Gasteiger partial charge is 0.507 e. The molecule has 3 aromatic carbocycles. The Labute approximate surface area is 188 Å². The van der Waals surface area contributed by atoms with Crippen LogP contribution in [-0.2, 0) is 9.59 Å². The Morgan fingerprint density at radius 3 is 2.31 bits per heavy atom. The average molecular weight is 449 g/mol. The van der Waals surface area contributed by atoms with E-state index in [1.807, 2.05) is 0 Å². The van der Waals surface area contributed by atoms with Crippen LogP contribution in [0.2, 0.25) is 5.02 Å². The predicted molar refractivity (Wildman–Crippen MR) is 121 cm³/mol. The molecule has 1 heterocycles. The van der Waals surface area contributed by atoms with Crippen LogP contribution in [0.15, 0.2) is 78.4 Å². The summed E-state index contributed by atoms with van der Waals surface area (Å²) in [4.78, 5) is 38.0. The van der Waals surface area contributed by atoms with E-state index < -0.39 is 28.4 Å². The van der Waals surface area contributed by atoms with E-state index in [0.717, 1.165) is 5.56 Å². The van der Waals surface area contributed by atoms with Gasteiger partial charge in [-0.2, -0.15) is 0 Å². The Kier molecular flexibility index (Phi) is 5.50. The number of non-ortho nitro benzene ring substituents is 1. The zero-order chi connectivity index (χ0) is 23.0. The van der Waals surface area contributed by atoms with Gasteiger partial charge in [-0.15, -0.1) is 0 Å². The molecule has 0 aliphatic carbocycles. The van der Waals surface area contributed by atoms with Gasteiger partial charge in [-0.05, 0) is 42.3 Å². The number of halogens is 1. The van der Waals surface area contributed by atoms with Crippen molar-refractivity contribution in [3.05, 3.63) is 110 Å². The molecular formula is C24H17ClN2O5. The van der Waals surface area contributed by atoms with Gasteiger partial charge in [0, 0.05) is 28.4 Å². The molecule has 0 saturated carbocycles. The molecule has 0 spiro atoms. The lowest BCUT2D eigenvalue weighted by Gasteiger charge is -2.27. The fourth-order valence-electron chi connectivity index (χ4n) is 3.77. The fourth-order valence-corrected chi connectivity index (χ4v) is 3.94. The van der Waals surface area contributed by atoms with E-state index in [9.17, 15) is 24.8 Å². The Balaban J connectivity index is 1.94. The van der Waals surface area contributed by atoms with Crippen molar-refractivity contribution in [2.24, 2.45) is 0 Å². The standard InChI is InChI=1S/C24H17ClN2O5/c1-14-7-10-17(25)13-19(14)26-21(15-5-3-2-4-6-15)20(23(29)24(26)30)22(28)16-8-11-18(12-9-16)27(31)32/h2-13,21,28H,1H3/b22-20+. The van der Waals surface area contributed by atoms with Crippen LogP contribution in [-0.4, -0.2) is 21.7 Å². The second-order valence-corrected chi connectivity index (χ2v) is 7.75. The molecule has 7 nitrogen and oxygen atoms in total. The maximum absolute atomic E-state index is 13.1. The molecule has 1 amide bonds. The van der Waals surface area contributed by atoms with E-state index >= 15 is 0 Å². The molecule has 8 heteroatoms. The van der Waals surface area contributed by atoms with E-state index in [-0.39, 0.29) is 16.8 Å². The number of benzene rings is 3. The van der Waals surface area contributed by atoms with Crippen molar-refractivity contribution < 1.29 is 19.6 Å². The van der Waals surface area contributed by atoms with Crippen molar-refractivity contribution in [2.75, 3.05) is 4.90 Å². The Hall–Kier alpha value is -3.97. The first kappa shape index (κ1) is 21.3. The molecule has 0 bridgehead atoms. The number of carbonyl (C=O) groups is 2. The molecule has 1 unspecified atom stereocenters. The minimum absolute atomic E-state index is 0.102. The second-order valence-electron chi connectivity index (χ2n) is 7.31. The summed E-state index contributed by atoms with van der Waals surface area (Å²) in [6.07, 6.45) is 0. The van der Waals surface area contributed by atoms with Crippen LogP contribution >= 0.6 is 11.6 Å². The minimum Gasteiger partial charge on any atom is -0.507 e. The van der Waals surface area contributed by atoms with Crippen molar-refractivity contribution >= 4 is 40.4 Å². The number of hydrogen-bond donors (Lipinski definition) is 1. The van der Waals surface area contributed by atoms with Crippen molar-refractivity contribution in [3.8, 4) is 0 Å². The number of anilines is 1. The first-order valence-corrected chi connectivity index (χ1v) is 10.0. The van der Waals surface area contributed by atoms with E-state index in [1.54, 1.807) is 55.5 Å². The SMILES string of the molecule is Cc1ccc(Cl)cc1N1C(=O)C(=O)/C(=C(/O)c2ccc([N+](=O)[O-])cc2)C1c1ccccc1. The number of Topliss-reactive ketones (excluding diaryl/α,β-unsaturated/α-hetero) is 1. The maximum Gasteiger partial charge on any atom is 0.300 e. The van der Waals surface area contributed by atoms with E-state index in [0.29, 0.717) is 16.3 Å². The highest BCUT2D eigenvalue weighted by molar-refractivity contribution is 6.52. The lowest BCUT2D eigenvalue weighted by atomic mass is 9.95. The molecule has 1 atom stereocenters. The summed E-state index contributed by atoms with van der Waals surface area (Å²) in [5.74, 6) is -2.06. The lowest BCUT2D eigenvalue weighted by molar-refractivity contribution is -0.384. The number of aliphatic hydroxyl groups is 1. The molecule has 32 heavy (non-hydrogen) atoms. The van der Waals surface area contributed by atoms with Gasteiger partial charge in [0.15, 0.2) is 0 Å². The third-order valence-corrected chi connectivity index (χ3v) is 5.58. The van der Waals surface area contributed by atoms with Crippen LogP contribution in [0.5, 0.6) is 0 Å². The molecule has 1 aliphatic heterocycles. The third kappa shape index (κ3) is 3.63. The summed E-state index contributed by atoms with van der Waals surface area (Å²) in [5.41, 5.74) is 1.74. The molecule has 1 saturated heterocycles.